The van der Waals surface area contributed by atoms with Crippen LogP contribution in [0.1, 0.15) is 18.6 Å². The number of imidazole rings is 1. The molecule has 0 saturated carbocycles. The molecule has 0 aromatic carbocycles. The van der Waals surface area contributed by atoms with E-state index in [-0.39, 0.29) is 0 Å². The van der Waals surface area contributed by atoms with Gasteiger partial charge in [-0.3, -0.25) is 4.98 Å². The summed E-state index contributed by atoms with van der Waals surface area (Å²) in [7, 11) is 0. The van der Waals surface area contributed by atoms with Crippen molar-refractivity contribution in [3.05, 3.63) is 48.6 Å². The Morgan fingerprint density at radius 2 is 2.05 bits per heavy atom. The van der Waals surface area contributed by atoms with E-state index in [2.05, 4.69) is 24.7 Å². The molecule has 20 heavy (non-hydrogen) atoms. The first-order valence-corrected chi connectivity index (χ1v) is 6.60. The molecule has 0 bridgehead atoms. The van der Waals surface area contributed by atoms with Crippen LogP contribution in [-0.2, 0) is 19.4 Å². The monoisotopic (exact) mass is 269 g/mol. The summed E-state index contributed by atoms with van der Waals surface area (Å²) in [6.07, 6.45) is 8.76. The second-order valence-corrected chi connectivity index (χ2v) is 4.39. The van der Waals surface area contributed by atoms with Gasteiger partial charge in [-0.1, -0.05) is 12.1 Å². The number of rotatable bonds is 5. The van der Waals surface area contributed by atoms with Crippen LogP contribution in [0.25, 0.3) is 11.4 Å². The second kappa shape index (κ2) is 5.64. The summed E-state index contributed by atoms with van der Waals surface area (Å²) >= 11 is 0. The van der Waals surface area contributed by atoms with E-state index in [9.17, 15) is 0 Å². The van der Waals surface area contributed by atoms with Gasteiger partial charge in [-0.2, -0.15) is 4.98 Å². The Morgan fingerprint density at radius 3 is 2.80 bits per heavy atom. The minimum atomic E-state index is 0.681. The van der Waals surface area contributed by atoms with Crippen LogP contribution in [0.5, 0.6) is 0 Å². The quantitative estimate of drug-likeness (QED) is 0.709. The van der Waals surface area contributed by atoms with Crippen molar-refractivity contribution in [2.45, 2.75) is 26.3 Å². The van der Waals surface area contributed by atoms with Crippen LogP contribution < -0.4 is 0 Å². The topological polar surface area (TPSA) is 69.6 Å². The van der Waals surface area contributed by atoms with Crippen molar-refractivity contribution >= 4 is 0 Å². The van der Waals surface area contributed by atoms with Crippen molar-refractivity contribution in [1.82, 2.24) is 24.7 Å². The third-order valence-electron chi connectivity index (χ3n) is 3.04. The van der Waals surface area contributed by atoms with Crippen molar-refractivity contribution in [1.29, 1.82) is 0 Å². The maximum Gasteiger partial charge on any atom is 0.226 e. The van der Waals surface area contributed by atoms with Gasteiger partial charge in [0.05, 0.1) is 0 Å². The molecule has 3 heterocycles. The highest BCUT2D eigenvalue weighted by molar-refractivity contribution is 5.54. The van der Waals surface area contributed by atoms with Crippen molar-refractivity contribution in [3.63, 3.8) is 0 Å². The van der Waals surface area contributed by atoms with Crippen LogP contribution in [0.2, 0.25) is 0 Å². The number of nitrogens with zero attached hydrogens (tertiary/aromatic N) is 5. The van der Waals surface area contributed by atoms with E-state index in [1.807, 2.05) is 25.3 Å². The first-order valence-electron chi connectivity index (χ1n) is 6.60. The lowest BCUT2D eigenvalue weighted by Gasteiger charge is -2.05. The van der Waals surface area contributed by atoms with Crippen LogP contribution in [0.15, 0.2) is 41.4 Å². The Bertz CT molecular complexity index is 674. The molecule has 0 N–H and O–H groups in total. The number of aromatic nitrogens is 5. The van der Waals surface area contributed by atoms with E-state index >= 15 is 0 Å². The molecule has 0 aliphatic rings. The summed E-state index contributed by atoms with van der Waals surface area (Å²) in [5.74, 6) is 2.34. The van der Waals surface area contributed by atoms with Crippen molar-refractivity contribution in [2.75, 3.05) is 0 Å². The van der Waals surface area contributed by atoms with Gasteiger partial charge in [-0.25, -0.2) is 4.98 Å². The molecule has 6 heteroatoms. The Labute approximate surface area is 116 Å². The van der Waals surface area contributed by atoms with Gasteiger partial charge in [0.25, 0.3) is 0 Å². The van der Waals surface area contributed by atoms with Gasteiger partial charge in [0.1, 0.15) is 5.82 Å². The molecule has 0 saturated heterocycles. The van der Waals surface area contributed by atoms with E-state index < -0.39 is 0 Å². The van der Waals surface area contributed by atoms with Gasteiger partial charge >= 0.3 is 0 Å². The Kier molecular flexibility index (Phi) is 3.54. The van der Waals surface area contributed by atoms with E-state index in [0.29, 0.717) is 5.89 Å². The molecule has 3 aromatic rings. The van der Waals surface area contributed by atoms with Crippen molar-refractivity contribution in [3.8, 4) is 11.4 Å². The molecule has 3 rings (SSSR count). The predicted octanol–water partition coefficient (Wildman–Crippen LogP) is 2.13. The second-order valence-electron chi connectivity index (χ2n) is 4.39. The molecule has 0 aliphatic heterocycles. The smallest absolute Gasteiger partial charge is 0.226 e. The summed E-state index contributed by atoms with van der Waals surface area (Å²) in [4.78, 5) is 12.7. The highest BCUT2D eigenvalue weighted by Gasteiger charge is 2.08. The van der Waals surface area contributed by atoms with Crippen LogP contribution in [0.4, 0.5) is 0 Å². The minimum absolute atomic E-state index is 0.681. The molecular formula is C14H15N5O. The van der Waals surface area contributed by atoms with E-state index in [0.717, 1.165) is 36.6 Å². The highest BCUT2D eigenvalue weighted by atomic mass is 16.5. The standard InChI is InChI=1S/C14H15N5O/c1-2-13-17-12(18-20-13)5-9-19-10-8-16-14(19)11-3-6-15-7-4-11/h3-4,6-8,10H,2,5,9H2,1H3. The Balaban J connectivity index is 1.74. The van der Waals surface area contributed by atoms with Gasteiger partial charge in [0, 0.05) is 49.7 Å². The lowest BCUT2D eigenvalue weighted by Crippen LogP contribution is -2.03. The van der Waals surface area contributed by atoms with Crippen LogP contribution in [0, 0.1) is 0 Å². The first kappa shape index (κ1) is 12.5. The summed E-state index contributed by atoms with van der Waals surface area (Å²) in [6, 6.07) is 3.89. The molecule has 3 aromatic heterocycles. The van der Waals surface area contributed by atoms with E-state index in [4.69, 9.17) is 4.52 Å². The molecule has 0 atom stereocenters. The number of pyridine rings is 1. The Morgan fingerprint density at radius 1 is 1.20 bits per heavy atom. The van der Waals surface area contributed by atoms with Crippen molar-refractivity contribution < 1.29 is 4.52 Å². The zero-order chi connectivity index (χ0) is 13.8. The average molecular weight is 269 g/mol. The molecule has 0 fully saturated rings. The summed E-state index contributed by atoms with van der Waals surface area (Å²) in [5.41, 5.74) is 1.05. The first-order chi connectivity index (χ1) is 9.86. The van der Waals surface area contributed by atoms with Crippen LogP contribution >= 0.6 is 0 Å². The third-order valence-corrected chi connectivity index (χ3v) is 3.04. The maximum atomic E-state index is 5.10. The van der Waals surface area contributed by atoms with Gasteiger partial charge in [0.2, 0.25) is 5.89 Å². The van der Waals surface area contributed by atoms with Crippen molar-refractivity contribution in [2.24, 2.45) is 0 Å². The number of hydrogen-bond acceptors (Lipinski definition) is 5. The van der Waals surface area contributed by atoms with Gasteiger partial charge in [-0.15, -0.1) is 0 Å². The SMILES string of the molecule is CCc1nc(CCn2ccnc2-c2ccncc2)no1. The van der Waals surface area contributed by atoms with Gasteiger partial charge in [-0.05, 0) is 12.1 Å². The summed E-state index contributed by atoms with van der Waals surface area (Å²) in [6.45, 7) is 2.76. The van der Waals surface area contributed by atoms with Gasteiger partial charge < -0.3 is 9.09 Å². The molecule has 0 unspecified atom stereocenters. The van der Waals surface area contributed by atoms with E-state index in [1.165, 1.54) is 0 Å². The lowest BCUT2D eigenvalue weighted by molar-refractivity contribution is 0.375. The lowest BCUT2D eigenvalue weighted by atomic mass is 10.2. The normalized spacial score (nSPS) is 10.8. The molecule has 0 radical (unpaired) electrons. The fourth-order valence-corrected chi connectivity index (χ4v) is 2.01. The molecular weight excluding hydrogens is 254 g/mol. The molecule has 102 valence electrons. The molecule has 6 nitrogen and oxygen atoms in total. The van der Waals surface area contributed by atoms with Crippen LogP contribution in [0.3, 0.4) is 0 Å². The summed E-state index contributed by atoms with van der Waals surface area (Å²) in [5, 5.41) is 3.96. The van der Waals surface area contributed by atoms with Crippen LogP contribution in [-0.4, -0.2) is 24.7 Å². The average Bonchev–Trinajstić information content (AvgIpc) is 3.15. The summed E-state index contributed by atoms with van der Waals surface area (Å²) < 4.78 is 7.18. The molecule has 0 aliphatic carbocycles. The fourth-order valence-electron chi connectivity index (χ4n) is 2.01. The zero-order valence-corrected chi connectivity index (χ0v) is 11.2. The molecule has 0 amide bonds. The number of aryl methyl sites for hydroxylation is 3. The zero-order valence-electron chi connectivity index (χ0n) is 11.2. The number of hydrogen-bond donors (Lipinski definition) is 0. The minimum Gasteiger partial charge on any atom is -0.339 e. The highest BCUT2D eigenvalue weighted by Crippen LogP contribution is 2.16. The third kappa shape index (κ3) is 2.59. The Hall–Kier alpha value is -2.50. The largest absolute Gasteiger partial charge is 0.339 e. The molecule has 0 spiro atoms. The predicted molar refractivity (Wildman–Crippen MR) is 72.8 cm³/mol. The fraction of sp³-hybridized carbons (Fsp3) is 0.286. The maximum absolute atomic E-state index is 5.10. The van der Waals surface area contributed by atoms with Gasteiger partial charge in [0.15, 0.2) is 5.82 Å². The van der Waals surface area contributed by atoms with E-state index in [1.54, 1.807) is 18.6 Å².